The molecule has 0 aliphatic rings. The molecular weight excluding hydrogens is 209 g/mol. The Morgan fingerprint density at radius 1 is 1.56 bits per heavy atom. The van der Waals surface area contributed by atoms with Crippen molar-refractivity contribution in [3.05, 3.63) is 35.6 Å². The number of hydrogen-bond donors (Lipinski definition) is 2. The molecule has 0 aromatic heterocycles. The Morgan fingerprint density at radius 3 is 2.94 bits per heavy atom. The summed E-state index contributed by atoms with van der Waals surface area (Å²) in [6.07, 6.45) is 0.574. The number of hydrogen-bond acceptors (Lipinski definition) is 2. The van der Waals surface area contributed by atoms with E-state index >= 15 is 0 Å². The predicted molar refractivity (Wildman–Crippen MR) is 59.5 cm³/mol. The molecule has 1 unspecified atom stereocenters. The second kappa shape index (κ2) is 6.23. The molecule has 0 fully saturated rings. The van der Waals surface area contributed by atoms with E-state index in [0.29, 0.717) is 19.5 Å². The van der Waals surface area contributed by atoms with Gasteiger partial charge in [0.25, 0.3) is 0 Å². The van der Waals surface area contributed by atoms with Gasteiger partial charge in [0.15, 0.2) is 0 Å². The highest BCUT2D eigenvalue weighted by Gasteiger charge is 2.09. The van der Waals surface area contributed by atoms with Gasteiger partial charge in [-0.2, -0.15) is 0 Å². The van der Waals surface area contributed by atoms with Crippen molar-refractivity contribution in [3.8, 4) is 0 Å². The van der Waals surface area contributed by atoms with Crippen molar-refractivity contribution < 1.29 is 14.3 Å². The van der Waals surface area contributed by atoms with Gasteiger partial charge in [-0.3, -0.25) is 4.79 Å². The van der Waals surface area contributed by atoms with Crippen LogP contribution in [-0.4, -0.2) is 17.6 Å². The second-order valence-corrected chi connectivity index (χ2v) is 3.83. The normalized spacial score (nSPS) is 12.4. The molecule has 0 heterocycles. The van der Waals surface area contributed by atoms with Gasteiger partial charge in [0.1, 0.15) is 5.82 Å². The molecule has 1 rings (SSSR count). The highest BCUT2D eigenvalue weighted by atomic mass is 19.1. The van der Waals surface area contributed by atoms with Crippen LogP contribution in [0, 0.1) is 11.7 Å². The first kappa shape index (κ1) is 12.6. The van der Waals surface area contributed by atoms with Gasteiger partial charge in [-0.25, -0.2) is 4.39 Å². The summed E-state index contributed by atoms with van der Waals surface area (Å²) in [5.41, 5.74) is 0.864. The number of nitrogens with one attached hydrogen (secondary N) is 1. The Bertz CT molecular complexity index is 355. The SMILES string of the molecule is CC(CCNCc1cccc(F)c1)C(=O)O. The molecule has 2 N–H and O–H groups in total. The van der Waals surface area contributed by atoms with Crippen molar-refractivity contribution in [1.29, 1.82) is 0 Å². The number of carboxylic acid groups (broad SMARTS) is 1. The van der Waals surface area contributed by atoms with E-state index in [1.807, 2.05) is 6.07 Å². The minimum absolute atomic E-state index is 0.252. The number of carboxylic acids is 1. The summed E-state index contributed by atoms with van der Waals surface area (Å²) in [4.78, 5) is 10.5. The highest BCUT2D eigenvalue weighted by Crippen LogP contribution is 2.04. The zero-order valence-corrected chi connectivity index (χ0v) is 9.24. The van der Waals surface area contributed by atoms with E-state index in [4.69, 9.17) is 5.11 Å². The summed E-state index contributed by atoms with van der Waals surface area (Å²) in [6, 6.07) is 6.35. The maximum Gasteiger partial charge on any atom is 0.306 e. The van der Waals surface area contributed by atoms with Crippen LogP contribution in [0.5, 0.6) is 0 Å². The Labute approximate surface area is 94.3 Å². The van der Waals surface area contributed by atoms with Crippen LogP contribution in [0.2, 0.25) is 0 Å². The van der Waals surface area contributed by atoms with Crippen molar-refractivity contribution >= 4 is 5.97 Å². The monoisotopic (exact) mass is 225 g/mol. The maximum atomic E-state index is 12.8. The Hall–Kier alpha value is -1.42. The van der Waals surface area contributed by atoms with E-state index in [9.17, 15) is 9.18 Å². The fourth-order valence-corrected chi connectivity index (χ4v) is 1.32. The summed E-state index contributed by atoms with van der Waals surface area (Å²) in [5, 5.41) is 11.7. The molecule has 0 aliphatic heterocycles. The molecular formula is C12H16FNO2. The van der Waals surface area contributed by atoms with Crippen molar-refractivity contribution in [1.82, 2.24) is 5.32 Å². The first-order valence-electron chi connectivity index (χ1n) is 5.27. The van der Waals surface area contributed by atoms with Gasteiger partial charge in [-0.05, 0) is 30.7 Å². The molecule has 1 atom stereocenters. The van der Waals surface area contributed by atoms with Gasteiger partial charge in [0, 0.05) is 6.54 Å². The van der Waals surface area contributed by atoms with Crippen molar-refractivity contribution in [2.75, 3.05) is 6.54 Å². The molecule has 3 nitrogen and oxygen atoms in total. The van der Waals surface area contributed by atoms with E-state index in [1.54, 1.807) is 13.0 Å². The van der Waals surface area contributed by atoms with E-state index in [2.05, 4.69) is 5.32 Å². The number of halogens is 1. The van der Waals surface area contributed by atoms with Crippen LogP contribution in [0.3, 0.4) is 0 Å². The first-order valence-corrected chi connectivity index (χ1v) is 5.27. The summed E-state index contributed by atoms with van der Waals surface area (Å²) >= 11 is 0. The van der Waals surface area contributed by atoms with E-state index in [-0.39, 0.29) is 11.7 Å². The molecule has 4 heteroatoms. The summed E-state index contributed by atoms with van der Waals surface area (Å²) in [7, 11) is 0. The molecule has 16 heavy (non-hydrogen) atoms. The molecule has 0 spiro atoms. The molecule has 0 saturated heterocycles. The van der Waals surface area contributed by atoms with Crippen LogP contribution in [0.4, 0.5) is 4.39 Å². The minimum Gasteiger partial charge on any atom is -0.481 e. The topological polar surface area (TPSA) is 49.3 Å². The van der Waals surface area contributed by atoms with Crippen molar-refractivity contribution in [2.45, 2.75) is 19.9 Å². The van der Waals surface area contributed by atoms with Gasteiger partial charge in [-0.1, -0.05) is 19.1 Å². The zero-order valence-electron chi connectivity index (χ0n) is 9.24. The first-order chi connectivity index (χ1) is 7.59. The van der Waals surface area contributed by atoms with Gasteiger partial charge in [-0.15, -0.1) is 0 Å². The third-order valence-corrected chi connectivity index (χ3v) is 2.39. The maximum absolute atomic E-state index is 12.8. The quantitative estimate of drug-likeness (QED) is 0.728. The number of carbonyl (C=O) groups is 1. The molecule has 0 aliphatic carbocycles. The lowest BCUT2D eigenvalue weighted by Gasteiger charge is -2.07. The third kappa shape index (κ3) is 4.40. The van der Waals surface area contributed by atoms with E-state index in [0.717, 1.165) is 5.56 Å². The average Bonchev–Trinajstić information content (AvgIpc) is 2.24. The van der Waals surface area contributed by atoms with Gasteiger partial charge in [0.2, 0.25) is 0 Å². The second-order valence-electron chi connectivity index (χ2n) is 3.83. The zero-order chi connectivity index (χ0) is 12.0. The van der Waals surface area contributed by atoms with E-state index < -0.39 is 5.97 Å². The molecule has 1 aromatic rings. The highest BCUT2D eigenvalue weighted by molar-refractivity contribution is 5.69. The molecule has 88 valence electrons. The molecule has 0 bridgehead atoms. The van der Waals surface area contributed by atoms with Crippen molar-refractivity contribution in [3.63, 3.8) is 0 Å². The van der Waals surface area contributed by atoms with Crippen LogP contribution in [0.15, 0.2) is 24.3 Å². The van der Waals surface area contributed by atoms with E-state index in [1.165, 1.54) is 12.1 Å². The van der Waals surface area contributed by atoms with Gasteiger partial charge in [0.05, 0.1) is 5.92 Å². The standard InChI is InChI=1S/C12H16FNO2/c1-9(12(15)16)5-6-14-8-10-3-2-4-11(13)7-10/h2-4,7,9,14H,5-6,8H2,1H3,(H,15,16). The Kier molecular flexibility index (Phi) is 4.92. The molecule has 0 radical (unpaired) electrons. The van der Waals surface area contributed by atoms with Crippen LogP contribution in [0.25, 0.3) is 0 Å². The largest absolute Gasteiger partial charge is 0.481 e. The van der Waals surface area contributed by atoms with Gasteiger partial charge >= 0.3 is 5.97 Å². The summed E-state index contributed by atoms with van der Waals surface area (Å²) in [6.45, 7) is 2.85. The predicted octanol–water partition coefficient (Wildman–Crippen LogP) is 2.03. The summed E-state index contributed by atoms with van der Waals surface area (Å²) < 4.78 is 12.8. The lowest BCUT2D eigenvalue weighted by atomic mass is 10.1. The third-order valence-electron chi connectivity index (χ3n) is 2.39. The van der Waals surface area contributed by atoms with Crippen molar-refractivity contribution in [2.24, 2.45) is 5.92 Å². The Morgan fingerprint density at radius 2 is 2.31 bits per heavy atom. The lowest BCUT2D eigenvalue weighted by molar-refractivity contribution is -0.141. The summed E-state index contributed by atoms with van der Waals surface area (Å²) in [5.74, 6) is -1.38. The van der Waals surface area contributed by atoms with Crippen LogP contribution < -0.4 is 5.32 Å². The fourth-order valence-electron chi connectivity index (χ4n) is 1.32. The molecule has 0 saturated carbocycles. The van der Waals surface area contributed by atoms with Crippen LogP contribution in [-0.2, 0) is 11.3 Å². The smallest absolute Gasteiger partial charge is 0.306 e. The van der Waals surface area contributed by atoms with Gasteiger partial charge < -0.3 is 10.4 Å². The number of rotatable bonds is 6. The minimum atomic E-state index is -0.785. The fraction of sp³-hybridized carbons (Fsp3) is 0.417. The Balaban J connectivity index is 2.23. The number of aliphatic carboxylic acids is 1. The van der Waals surface area contributed by atoms with Crippen LogP contribution >= 0.6 is 0 Å². The molecule has 1 aromatic carbocycles. The lowest BCUT2D eigenvalue weighted by Crippen LogP contribution is -2.20. The average molecular weight is 225 g/mol. The molecule has 0 amide bonds. The van der Waals surface area contributed by atoms with Crippen LogP contribution in [0.1, 0.15) is 18.9 Å². The number of benzene rings is 1.